The molecule has 0 aliphatic carbocycles. The predicted molar refractivity (Wildman–Crippen MR) is 111 cm³/mol. The lowest BCUT2D eigenvalue weighted by atomic mass is 10.2. The molecule has 1 amide bonds. The van der Waals surface area contributed by atoms with Gasteiger partial charge in [-0.25, -0.2) is 13.1 Å². The maximum absolute atomic E-state index is 12.3. The average Bonchev–Trinajstić information content (AvgIpc) is 2.68. The van der Waals surface area contributed by atoms with Crippen molar-refractivity contribution in [1.29, 1.82) is 0 Å². The van der Waals surface area contributed by atoms with Crippen molar-refractivity contribution in [2.24, 2.45) is 0 Å². The molecule has 2 aromatic rings. The standard InChI is InChI=1S/C21H26N2O5S/c1-3-4-5-6-15-22-29(26,27)20-13-9-18(10-14-20)23-21(25)17-7-11-19(12-8-17)28-16(2)24/h7-14,22H,3-6,15H2,1-2H3,(H,23,25). The van der Waals surface area contributed by atoms with Crippen molar-refractivity contribution in [2.75, 3.05) is 11.9 Å². The summed E-state index contributed by atoms with van der Waals surface area (Å²) in [5.74, 6) is -0.442. The van der Waals surface area contributed by atoms with Gasteiger partial charge in [0.05, 0.1) is 4.90 Å². The van der Waals surface area contributed by atoms with Gasteiger partial charge in [0.1, 0.15) is 5.75 Å². The summed E-state index contributed by atoms with van der Waals surface area (Å²) in [4.78, 5) is 23.4. The van der Waals surface area contributed by atoms with Crippen molar-refractivity contribution >= 4 is 27.6 Å². The zero-order valence-corrected chi connectivity index (χ0v) is 17.4. The van der Waals surface area contributed by atoms with Crippen LogP contribution in [0.25, 0.3) is 0 Å². The van der Waals surface area contributed by atoms with Crippen molar-refractivity contribution in [1.82, 2.24) is 4.72 Å². The molecular formula is C21H26N2O5S. The Hall–Kier alpha value is -2.71. The lowest BCUT2D eigenvalue weighted by molar-refractivity contribution is -0.131. The molecule has 0 unspecified atom stereocenters. The van der Waals surface area contributed by atoms with Crippen LogP contribution in [0.1, 0.15) is 49.9 Å². The number of anilines is 1. The van der Waals surface area contributed by atoms with Crippen LogP contribution in [0.15, 0.2) is 53.4 Å². The van der Waals surface area contributed by atoms with Gasteiger partial charge in [-0.2, -0.15) is 0 Å². The minimum atomic E-state index is -3.56. The van der Waals surface area contributed by atoms with Gasteiger partial charge >= 0.3 is 5.97 Å². The van der Waals surface area contributed by atoms with Crippen molar-refractivity contribution in [3.8, 4) is 5.75 Å². The quantitative estimate of drug-likeness (QED) is 0.348. The first-order valence-electron chi connectivity index (χ1n) is 9.51. The largest absolute Gasteiger partial charge is 0.427 e. The second-order valence-corrected chi connectivity index (χ2v) is 8.32. The third-order valence-electron chi connectivity index (χ3n) is 4.12. The van der Waals surface area contributed by atoms with Crippen molar-refractivity contribution in [3.63, 3.8) is 0 Å². The molecule has 0 aliphatic rings. The molecule has 156 valence electrons. The molecule has 0 aromatic heterocycles. The van der Waals surface area contributed by atoms with Crippen LogP contribution in [0.2, 0.25) is 0 Å². The Morgan fingerprint density at radius 1 is 0.931 bits per heavy atom. The lowest BCUT2D eigenvalue weighted by Crippen LogP contribution is -2.24. The Kier molecular flexibility index (Phi) is 8.35. The summed E-state index contributed by atoms with van der Waals surface area (Å²) in [5.41, 5.74) is 0.854. The topological polar surface area (TPSA) is 102 Å². The lowest BCUT2D eigenvalue weighted by Gasteiger charge is -2.09. The van der Waals surface area contributed by atoms with E-state index in [0.29, 0.717) is 23.5 Å². The maximum atomic E-state index is 12.3. The minimum Gasteiger partial charge on any atom is -0.427 e. The van der Waals surface area contributed by atoms with E-state index in [2.05, 4.69) is 17.0 Å². The molecule has 0 aliphatic heterocycles. The van der Waals surface area contributed by atoms with E-state index < -0.39 is 16.0 Å². The number of unbranched alkanes of at least 4 members (excludes halogenated alkanes) is 3. The molecule has 0 radical (unpaired) electrons. The van der Waals surface area contributed by atoms with Gasteiger partial charge in [-0.15, -0.1) is 0 Å². The number of nitrogens with one attached hydrogen (secondary N) is 2. The molecule has 0 fully saturated rings. The van der Waals surface area contributed by atoms with Crippen LogP contribution >= 0.6 is 0 Å². The monoisotopic (exact) mass is 418 g/mol. The number of rotatable bonds is 10. The first-order chi connectivity index (χ1) is 13.8. The number of hydrogen-bond donors (Lipinski definition) is 2. The zero-order valence-electron chi connectivity index (χ0n) is 16.6. The summed E-state index contributed by atoms with van der Waals surface area (Å²) >= 11 is 0. The maximum Gasteiger partial charge on any atom is 0.308 e. The van der Waals surface area contributed by atoms with Gasteiger partial charge in [0.25, 0.3) is 5.91 Å². The molecule has 0 atom stereocenters. The Morgan fingerprint density at radius 2 is 1.59 bits per heavy atom. The number of sulfonamides is 1. The summed E-state index contributed by atoms with van der Waals surface area (Å²) in [6, 6.07) is 12.1. The van der Waals surface area contributed by atoms with E-state index in [1.165, 1.54) is 55.5 Å². The molecule has 29 heavy (non-hydrogen) atoms. The second-order valence-electron chi connectivity index (χ2n) is 6.55. The zero-order chi connectivity index (χ0) is 21.3. The van der Waals surface area contributed by atoms with Crippen molar-refractivity contribution in [3.05, 3.63) is 54.1 Å². The van der Waals surface area contributed by atoms with Crippen LogP contribution in [-0.2, 0) is 14.8 Å². The van der Waals surface area contributed by atoms with Crippen molar-refractivity contribution in [2.45, 2.75) is 44.4 Å². The van der Waals surface area contributed by atoms with E-state index in [1.807, 2.05) is 0 Å². The Balaban J connectivity index is 1.94. The first kappa shape index (κ1) is 22.6. The molecule has 0 heterocycles. The van der Waals surface area contributed by atoms with Crippen LogP contribution in [0.4, 0.5) is 5.69 Å². The van der Waals surface area contributed by atoms with Crippen molar-refractivity contribution < 1.29 is 22.7 Å². The SMILES string of the molecule is CCCCCCNS(=O)(=O)c1ccc(NC(=O)c2ccc(OC(C)=O)cc2)cc1. The Morgan fingerprint density at radius 3 is 2.17 bits per heavy atom. The van der Waals surface area contributed by atoms with E-state index in [1.54, 1.807) is 0 Å². The highest BCUT2D eigenvalue weighted by atomic mass is 32.2. The summed E-state index contributed by atoms with van der Waals surface area (Å²) < 4.78 is 32.1. The fourth-order valence-electron chi connectivity index (χ4n) is 2.60. The second kappa shape index (κ2) is 10.7. The smallest absolute Gasteiger partial charge is 0.308 e. The summed E-state index contributed by atoms with van der Waals surface area (Å²) in [6.07, 6.45) is 3.97. The van der Waals surface area contributed by atoms with E-state index in [-0.39, 0.29) is 10.8 Å². The highest BCUT2D eigenvalue weighted by molar-refractivity contribution is 7.89. The van der Waals surface area contributed by atoms with E-state index in [0.717, 1.165) is 25.7 Å². The van der Waals surface area contributed by atoms with Crippen LogP contribution in [0.5, 0.6) is 5.75 Å². The van der Waals surface area contributed by atoms with Crippen LogP contribution < -0.4 is 14.8 Å². The molecule has 2 aromatic carbocycles. The first-order valence-corrected chi connectivity index (χ1v) is 11.0. The molecule has 0 saturated carbocycles. The molecule has 7 nitrogen and oxygen atoms in total. The number of hydrogen-bond acceptors (Lipinski definition) is 5. The van der Waals surface area contributed by atoms with Gasteiger partial charge in [0.15, 0.2) is 0 Å². The summed E-state index contributed by atoms with van der Waals surface area (Å²) in [7, 11) is -3.56. The number of amides is 1. The number of ether oxygens (including phenoxy) is 1. The average molecular weight is 419 g/mol. The molecule has 8 heteroatoms. The number of carbonyl (C=O) groups is 2. The number of benzene rings is 2. The third-order valence-corrected chi connectivity index (χ3v) is 5.60. The van der Waals surface area contributed by atoms with Gasteiger partial charge in [0, 0.05) is 24.7 Å². The summed E-state index contributed by atoms with van der Waals surface area (Å²) in [6.45, 7) is 3.80. The van der Waals surface area contributed by atoms with Gasteiger partial charge in [-0.1, -0.05) is 26.2 Å². The summed E-state index contributed by atoms with van der Waals surface area (Å²) in [5, 5.41) is 2.70. The third kappa shape index (κ3) is 7.32. The predicted octanol–water partition coefficient (Wildman–Crippen LogP) is 3.72. The van der Waals surface area contributed by atoms with E-state index in [4.69, 9.17) is 4.74 Å². The van der Waals surface area contributed by atoms with E-state index >= 15 is 0 Å². The van der Waals surface area contributed by atoms with E-state index in [9.17, 15) is 18.0 Å². The molecule has 0 bridgehead atoms. The Labute approximate surface area is 171 Å². The van der Waals surface area contributed by atoms with Crippen LogP contribution in [0, 0.1) is 0 Å². The fourth-order valence-corrected chi connectivity index (χ4v) is 3.68. The Bertz CT molecular complexity index is 923. The van der Waals surface area contributed by atoms with Gasteiger partial charge in [-0.3, -0.25) is 9.59 Å². The molecule has 0 spiro atoms. The van der Waals surface area contributed by atoms with Gasteiger partial charge < -0.3 is 10.1 Å². The van der Waals surface area contributed by atoms with Gasteiger partial charge in [0.2, 0.25) is 10.0 Å². The normalized spacial score (nSPS) is 11.1. The van der Waals surface area contributed by atoms with Gasteiger partial charge in [-0.05, 0) is 55.0 Å². The number of carbonyl (C=O) groups excluding carboxylic acids is 2. The molecule has 0 saturated heterocycles. The fraction of sp³-hybridized carbons (Fsp3) is 0.333. The highest BCUT2D eigenvalue weighted by Crippen LogP contribution is 2.17. The minimum absolute atomic E-state index is 0.150. The van der Waals surface area contributed by atoms with Crippen LogP contribution in [-0.4, -0.2) is 26.8 Å². The van der Waals surface area contributed by atoms with Crippen LogP contribution in [0.3, 0.4) is 0 Å². The highest BCUT2D eigenvalue weighted by Gasteiger charge is 2.14. The molecule has 2 rings (SSSR count). The molecular weight excluding hydrogens is 392 g/mol. The molecule has 2 N–H and O–H groups in total. The number of esters is 1.